The van der Waals surface area contributed by atoms with Crippen LogP contribution in [-0.4, -0.2) is 83.6 Å². The molecule has 3 saturated heterocycles. The number of carbonyl (C=O) groups is 1. The van der Waals surface area contributed by atoms with E-state index >= 15 is 0 Å². The molecule has 0 spiro atoms. The van der Waals surface area contributed by atoms with Crippen LogP contribution in [0.4, 0.5) is 11.8 Å². The highest BCUT2D eigenvalue weighted by Crippen LogP contribution is 2.25. The number of rotatable bonds is 9. The Morgan fingerprint density at radius 3 is 2.47 bits per heavy atom. The average molecular weight is 521 g/mol. The smallest absolute Gasteiger partial charge is 0.253 e. The van der Waals surface area contributed by atoms with Crippen LogP contribution in [-0.2, 0) is 0 Å². The number of amides is 1. The van der Waals surface area contributed by atoms with Crippen molar-refractivity contribution in [2.75, 3.05) is 56.1 Å². The van der Waals surface area contributed by atoms with Gasteiger partial charge in [-0.3, -0.25) is 9.69 Å². The third kappa shape index (κ3) is 6.95. The van der Waals surface area contributed by atoms with Gasteiger partial charge in [-0.05, 0) is 68.9 Å². The van der Waals surface area contributed by atoms with Crippen LogP contribution in [0.15, 0.2) is 36.5 Å². The first-order chi connectivity index (χ1) is 18.7. The maximum Gasteiger partial charge on any atom is 0.253 e. The number of hydrogen-bond donors (Lipinski definition) is 1. The van der Waals surface area contributed by atoms with Crippen molar-refractivity contribution in [1.82, 2.24) is 19.8 Å². The summed E-state index contributed by atoms with van der Waals surface area (Å²) in [4.78, 5) is 29.5. The van der Waals surface area contributed by atoms with Gasteiger partial charge in [0.15, 0.2) is 0 Å². The van der Waals surface area contributed by atoms with E-state index in [-0.39, 0.29) is 5.91 Å². The van der Waals surface area contributed by atoms with Gasteiger partial charge >= 0.3 is 0 Å². The molecule has 1 unspecified atom stereocenters. The predicted molar refractivity (Wildman–Crippen MR) is 152 cm³/mol. The van der Waals surface area contributed by atoms with Crippen molar-refractivity contribution >= 4 is 17.7 Å². The molecule has 38 heavy (non-hydrogen) atoms. The Balaban J connectivity index is 1.07. The lowest BCUT2D eigenvalue weighted by atomic mass is 10.0. The molecule has 1 atom stereocenters. The number of anilines is 2. The van der Waals surface area contributed by atoms with Crippen molar-refractivity contribution in [2.45, 2.75) is 76.8 Å². The maximum atomic E-state index is 13.1. The molecule has 1 aromatic carbocycles. The molecule has 3 fully saturated rings. The Morgan fingerprint density at radius 2 is 1.74 bits per heavy atom. The minimum atomic E-state index is 0.131. The number of aromatic nitrogens is 2. The number of benzene rings is 1. The Morgan fingerprint density at radius 1 is 0.974 bits per heavy atom. The molecular formula is C30H44N6O2. The van der Waals surface area contributed by atoms with E-state index in [0.29, 0.717) is 12.1 Å². The van der Waals surface area contributed by atoms with Crippen molar-refractivity contribution < 1.29 is 9.53 Å². The van der Waals surface area contributed by atoms with Crippen LogP contribution < -0.4 is 15.0 Å². The standard InChI is InChI=1S/C30H44N6O2/c1-2-3-22-38-27-10-8-24(9-11-27)29(37)35-20-14-26(15-21-35)36-19-13-25(23-36)32-30-31-16-12-28(33-30)34-17-6-4-5-7-18-34/h8-12,16,25-26H,2-7,13-15,17-23H2,1H3,(H,31,32,33). The first-order valence-electron chi connectivity index (χ1n) is 14.8. The van der Waals surface area contributed by atoms with Gasteiger partial charge in [0.1, 0.15) is 11.6 Å². The summed E-state index contributed by atoms with van der Waals surface area (Å²) in [7, 11) is 0. The molecule has 3 aliphatic rings. The molecule has 0 aliphatic carbocycles. The lowest BCUT2D eigenvalue weighted by molar-refractivity contribution is 0.0643. The minimum absolute atomic E-state index is 0.131. The van der Waals surface area contributed by atoms with Crippen LogP contribution in [0.5, 0.6) is 5.75 Å². The van der Waals surface area contributed by atoms with Gasteiger partial charge in [-0.15, -0.1) is 0 Å². The van der Waals surface area contributed by atoms with E-state index in [1.165, 1.54) is 25.7 Å². The number of nitrogens with one attached hydrogen (secondary N) is 1. The van der Waals surface area contributed by atoms with Crippen molar-refractivity contribution in [3.05, 3.63) is 42.1 Å². The van der Waals surface area contributed by atoms with Crippen LogP contribution in [0.3, 0.4) is 0 Å². The highest BCUT2D eigenvalue weighted by atomic mass is 16.5. The summed E-state index contributed by atoms with van der Waals surface area (Å²) in [5.41, 5.74) is 0.749. The van der Waals surface area contributed by atoms with Gasteiger partial charge in [0, 0.05) is 63.1 Å². The van der Waals surface area contributed by atoms with E-state index < -0.39 is 0 Å². The summed E-state index contributed by atoms with van der Waals surface area (Å²) in [5.74, 6) is 2.77. The number of hydrogen-bond acceptors (Lipinski definition) is 7. The zero-order valence-corrected chi connectivity index (χ0v) is 23.0. The lowest BCUT2D eigenvalue weighted by Gasteiger charge is -2.36. The monoisotopic (exact) mass is 520 g/mol. The third-order valence-corrected chi connectivity index (χ3v) is 8.26. The van der Waals surface area contributed by atoms with E-state index in [1.54, 1.807) is 0 Å². The molecule has 5 rings (SSSR count). The largest absolute Gasteiger partial charge is 0.494 e. The third-order valence-electron chi connectivity index (χ3n) is 8.26. The van der Waals surface area contributed by atoms with E-state index in [0.717, 1.165) is 101 Å². The molecule has 8 heteroatoms. The fourth-order valence-corrected chi connectivity index (χ4v) is 5.96. The first kappa shape index (κ1) is 26.7. The number of nitrogens with zero attached hydrogens (tertiary/aromatic N) is 5. The summed E-state index contributed by atoms with van der Waals surface area (Å²) >= 11 is 0. The number of unbranched alkanes of at least 4 members (excludes halogenated alkanes) is 1. The van der Waals surface area contributed by atoms with Crippen LogP contribution in [0, 0.1) is 0 Å². The van der Waals surface area contributed by atoms with Crippen molar-refractivity contribution in [3.63, 3.8) is 0 Å². The second-order valence-corrected chi connectivity index (χ2v) is 11.0. The van der Waals surface area contributed by atoms with Gasteiger partial charge in [-0.2, -0.15) is 4.98 Å². The summed E-state index contributed by atoms with van der Waals surface area (Å²) in [6.45, 7) is 8.78. The molecule has 1 amide bonds. The quantitative estimate of drug-likeness (QED) is 0.475. The first-order valence-corrected chi connectivity index (χ1v) is 14.8. The van der Waals surface area contributed by atoms with Crippen LogP contribution >= 0.6 is 0 Å². The SMILES string of the molecule is CCCCOc1ccc(C(=O)N2CCC(N3CCC(Nc4nccc(N5CCCCCC5)n4)C3)CC2)cc1. The molecule has 2 aromatic rings. The van der Waals surface area contributed by atoms with E-state index in [2.05, 4.69) is 27.0 Å². The molecule has 4 heterocycles. The van der Waals surface area contributed by atoms with Crippen LogP contribution in [0.2, 0.25) is 0 Å². The number of carbonyl (C=O) groups excluding carboxylic acids is 1. The van der Waals surface area contributed by atoms with E-state index in [4.69, 9.17) is 9.72 Å². The van der Waals surface area contributed by atoms with E-state index in [1.807, 2.05) is 41.4 Å². The highest BCUT2D eigenvalue weighted by molar-refractivity contribution is 5.94. The number of piperidine rings is 1. The maximum absolute atomic E-state index is 13.1. The van der Waals surface area contributed by atoms with Gasteiger partial charge in [0.25, 0.3) is 5.91 Å². The second kappa shape index (κ2) is 13.3. The summed E-state index contributed by atoms with van der Waals surface area (Å²) < 4.78 is 5.74. The van der Waals surface area contributed by atoms with E-state index in [9.17, 15) is 4.79 Å². The zero-order valence-electron chi connectivity index (χ0n) is 23.0. The average Bonchev–Trinajstić information content (AvgIpc) is 3.25. The molecule has 206 valence electrons. The minimum Gasteiger partial charge on any atom is -0.494 e. The molecule has 3 aliphatic heterocycles. The summed E-state index contributed by atoms with van der Waals surface area (Å²) in [6.07, 6.45) is 12.3. The van der Waals surface area contributed by atoms with Gasteiger partial charge in [-0.25, -0.2) is 4.98 Å². The fraction of sp³-hybridized carbons (Fsp3) is 0.633. The molecule has 1 N–H and O–H groups in total. The number of ether oxygens (including phenoxy) is 1. The Hall–Kier alpha value is -2.87. The summed E-state index contributed by atoms with van der Waals surface area (Å²) in [5, 5.41) is 3.61. The molecule has 0 bridgehead atoms. The molecule has 8 nitrogen and oxygen atoms in total. The van der Waals surface area contributed by atoms with Crippen LogP contribution in [0.1, 0.15) is 75.1 Å². The topological polar surface area (TPSA) is 73.8 Å². The summed E-state index contributed by atoms with van der Waals surface area (Å²) in [6, 6.07) is 10.6. The number of likely N-dealkylation sites (tertiary alicyclic amines) is 2. The Labute approximate surface area is 227 Å². The zero-order chi connectivity index (χ0) is 26.2. The van der Waals surface area contributed by atoms with Gasteiger partial charge < -0.3 is 19.9 Å². The predicted octanol–water partition coefficient (Wildman–Crippen LogP) is 4.83. The molecule has 1 aromatic heterocycles. The van der Waals surface area contributed by atoms with Crippen molar-refractivity contribution in [2.24, 2.45) is 0 Å². The van der Waals surface area contributed by atoms with Gasteiger partial charge in [0.2, 0.25) is 5.95 Å². The van der Waals surface area contributed by atoms with Gasteiger partial charge in [-0.1, -0.05) is 26.2 Å². The van der Waals surface area contributed by atoms with Crippen LogP contribution in [0.25, 0.3) is 0 Å². The molecule has 0 saturated carbocycles. The van der Waals surface area contributed by atoms with Crippen molar-refractivity contribution in [1.29, 1.82) is 0 Å². The fourth-order valence-electron chi connectivity index (χ4n) is 5.96. The lowest BCUT2D eigenvalue weighted by Crippen LogP contribution is -2.46. The second-order valence-electron chi connectivity index (χ2n) is 11.0. The van der Waals surface area contributed by atoms with Gasteiger partial charge in [0.05, 0.1) is 6.61 Å². The molecule has 0 radical (unpaired) electrons. The van der Waals surface area contributed by atoms with Crippen molar-refractivity contribution in [3.8, 4) is 5.75 Å². The Bertz CT molecular complexity index is 1020. The Kier molecular flexibility index (Phi) is 9.33. The highest BCUT2D eigenvalue weighted by Gasteiger charge is 2.32. The molecular weight excluding hydrogens is 476 g/mol. The normalized spacial score (nSPS) is 21.3.